The minimum atomic E-state index is -0.0428. The average Bonchev–Trinajstić information content (AvgIpc) is 2.77. The van der Waals surface area contributed by atoms with Gasteiger partial charge in [0.05, 0.1) is 22.9 Å². The van der Waals surface area contributed by atoms with Crippen LogP contribution >= 0.6 is 22.9 Å². The Morgan fingerprint density at radius 2 is 2.29 bits per heavy atom. The fourth-order valence-corrected chi connectivity index (χ4v) is 3.79. The normalized spacial score (nSPS) is 18.2. The lowest BCUT2D eigenvalue weighted by Gasteiger charge is -2.09. The van der Waals surface area contributed by atoms with Gasteiger partial charge in [-0.2, -0.15) is 0 Å². The number of halogens is 1. The number of hydrogen-bond donors (Lipinski definition) is 2. The molecule has 5 nitrogen and oxygen atoms in total. The summed E-state index contributed by atoms with van der Waals surface area (Å²) >= 11 is 7.37. The molecule has 1 aliphatic heterocycles. The Balaban J connectivity index is 2.08. The van der Waals surface area contributed by atoms with Gasteiger partial charge in [0.25, 0.3) is 5.91 Å². The first-order valence-corrected chi connectivity index (χ1v) is 7.75. The number of nitrogens with one attached hydrogen (secondary N) is 2. The molecule has 1 aromatic carbocycles. The van der Waals surface area contributed by atoms with E-state index in [0.717, 1.165) is 26.8 Å². The van der Waals surface area contributed by atoms with Crippen molar-refractivity contribution >= 4 is 55.7 Å². The van der Waals surface area contributed by atoms with Gasteiger partial charge in [-0.25, -0.2) is 4.98 Å². The van der Waals surface area contributed by atoms with E-state index in [2.05, 4.69) is 20.6 Å². The van der Waals surface area contributed by atoms with Crippen LogP contribution in [0.3, 0.4) is 0 Å². The minimum Gasteiger partial charge on any atom is -0.381 e. The van der Waals surface area contributed by atoms with E-state index >= 15 is 0 Å². The molecule has 0 spiro atoms. The average molecular weight is 319 g/mol. The van der Waals surface area contributed by atoms with E-state index in [9.17, 15) is 4.79 Å². The van der Waals surface area contributed by atoms with Gasteiger partial charge >= 0.3 is 0 Å². The molecule has 0 aliphatic carbocycles. The van der Waals surface area contributed by atoms with Crippen LogP contribution in [0.25, 0.3) is 21.1 Å². The van der Waals surface area contributed by atoms with Crippen molar-refractivity contribution in [3.05, 3.63) is 28.4 Å². The maximum Gasteiger partial charge on any atom is 0.263 e. The van der Waals surface area contributed by atoms with Crippen LogP contribution in [0.4, 0.5) is 5.69 Å². The van der Waals surface area contributed by atoms with Crippen LogP contribution in [-0.2, 0) is 0 Å². The molecule has 0 saturated heterocycles. The number of carbonyl (C=O) groups is 1. The fraction of sp³-hybridized carbons (Fsp3) is 0.214. The number of aromatic nitrogens is 2. The van der Waals surface area contributed by atoms with E-state index in [1.54, 1.807) is 0 Å². The molecule has 7 heteroatoms. The molecular formula is C14H11ClN4OS. The third-order valence-electron chi connectivity index (χ3n) is 3.50. The molecule has 0 unspecified atom stereocenters. The fourth-order valence-electron chi connectivity index (χ4n) is 2.57. The molecular weight excluding hydrogens is 308 g/mol. The van der Waals surface area contributed by atoms with Gasteiger partial charge < -0.3 is 10.6 Å². The van der Waals surface area contributed by atoms with Crippen LogP contribution in [0.15, 0.2) is 18.3 Å². The summed E-state index contributed by atoms with van der Waals surface area (Å²) in [5.41, 5.74) is 2.35. The van der Waals surface area contributed by atoms with Crippen LogP contribution in [-0.4, -0.2) is 28.5 Å². The van der Waals surface area contributed by atoms with Crippen LogP contribution in [0.2, 0.25) is 5.15 Å². The number of nitrogens with zero attached hydrogens (tertiary/aromatic N) is 2. The van der Waals surface area contributed by atoms with Crippen LogP contribution in [0.1, 0.15) is 16.6 Å². The molecule has 0 bridgehead atoms. The molecule has 0 saturated carbocycles. The Morgan fingerprint density at radius 1 is 1.43 bits per heavy atom. The summed E-state index contributed by atoms with van der Waals surface area (Å²) in [7, 11) is 0. The molecule has 3 aromatic rings. The number of amides is 1. The first kappa shape index (κ1) is 12.8. The van der Waals surface area contributed by atoms with E-state index < -0.39 is 0 Å². The zero-order valence-corrected chi connectivity index (χ0v) is 12.7. The third kappa shape index (κ3) is 1.94. The molecule has 1 atom stereocenters. The Hall–Kier alpha value is -1.92. The topological polar surface area (TPSA) is 66.9 Å². The number of thiophene rings is 1. The smallest absolute Gasteiger partial charge is 0.263 e. The summed E-state index contributed by atoms with van der Waals surface area (Å²) in [5.74, 6) is -0.0428. The SMILES string of the molecule is C[C@@H]1CNc2c(sc3ccc4nc(Cl)cnc4c23)C(=O)N1. The molecule has 3 heterocycles. The minimum absolute atomic E-state index is 0.0428. The highest BCUT2D eigenvalue weighted by Gasteiger charge is 2.25. The number of benzene rings is 1. The van der Waals surface area contributed by atoms with Crippen molar-refractivity contribution in [3.63, 3.8) is 0 Å². The Bertz CT molecular complexity index is 891. The predicted molar refractivity (Wildman–Crippen MR) is 85.3 cm³/mol. The first-order valence-electron chi connectivity index (χ1n) is 6.56. The summed E-state index contributed by atoms with van der Waals surface area (Å²) in [6.07, 6.45) is 1.53. The molecule has 2 aromatic heterocycles. The van der Waals surface area contributed by atoms with E-state index in [1.165, 1.54) is 17.5 Å². The van der Waals surface area contributed by atoms with E-state index in [1.807, 2.05) is 19.1 Å². The van der Waals surface area contributed by atoms with Crippen molar-refractivity contribution < 1.29 is 4.79 Å². The van der Waals surface area contributed by atoms with Gasteiger partial charge in [-0.15, -0.1) is 11.3 Å². The second kappa shape index (κ2) is 4.54. The highest BCUT2D eigenvalue weighted by molar-refractivity contribution is 7.21. The number of fused-ring (bicyclic) bond motifs is 5. The van der Waals surface area contributed by atoms with Gasteiger partial charge in [-0.05, 0) is 19.1 Å². The molecule has 21 heavy (non-hydrogen) atoms. The van der Waals surface area contributed by atoms with Gasteiger partial charge in [0.1, 0.15) is 10.0 Å². The van der Waals surface area contributed by atoms with Crippen molar-refractivity contribution in [2.24, 2.45) is 0 Å². The lowest BCUT2D eigenvalue weighted by Crippen LogP contribution is -2.34. The molecule has 0 fully saturated rings. The maximum absolute atomic E-state index is 12.3. The van der Waals surface area contributed by atoms with E-state index in [-0.39, 0.29) is 11.9 Å². The highest BCUT2D eigenvalue weighted by Crippen LogP contribution is 2.40. The number of hydrogen-bond acceptors (Lipinski definition) is 5. The predicted octanol–water partition coefficient (Wildman–Crippen LogP) is 3.04. The zero-order chi connectivity index (χ0) is 14.6. The van der Waals surface area contributed by atoms with Gasteiger partial charge in [-0.1, -0.05) is 11.6 Å². The van der Waals surface area contributed by atoms with Crippen molar-refractivity contribution in [1.29, 1.82) is 0 Å². The second-order valence-corrected chi connectivity index (χ2v) is 6.50. The first-order chi connectivity index (χ1) is 10.1. The Labute approximate surface area is 129 Å². The lowest BCUT2D eigenvalue weighted by atomic mass is 10.1. The summed E-state index contributed by atoms with van der Waals surface area (Å²) in [6, 6.07) is 3.93. The lowest BCUT2D eigenvalue weighted by molar-refractivity contribution is 0.0949. The standard InChI is InChI=1S/C14H11ClN4OS/c1-6-4-16-12-10-8(21-13(12)14(20)18-6)3-2-7-11(10)17-5-9(15)19-7/h2-3,5-6,16H,4H2,1H3,(H,18,20)/t6-/m1/s1. The van der Waals surface area contributed by atoms with Crippen molar-refractivity contribution in [2.45, 2.75) is 13.0 Å². The molecule has 106 valence electrons. The van der Waals surface area contributed by atoms with Gasteiger partial charge in [0.2, 0.25) is 0 Å². The summed E-state index contributed by atoms with van der Waals surface area (Å²) < 4.78 is 1.02. The molecule has 2 N–H and O–H groups in total. The molecule has 0 radical (unpaired) electrons. The van der Waals surface area contributed by atoms with Gasteiger partial charge in [-0.3, -0.25) is 9.78 Å². The van der Waals surface area contributed by atoms with E-state index in [0.29, 0.717) is 16.6 Å². The quantitative estimate of drug-likeness (QED) is 0.668. The number of carbonyl (C=O) groups excluding carboxylic acids is 1. The van der Waals surface area contributed by atoms with Crippen LogP contribution in [0, 0.1) is 0 Å². The van der Waals surface area contributed by atoms with Crippen molar-refractivity contribution in [2.75, 3.05) is 11.9 Å². The molecule has 1 aliphatic rings. The molecule has 4 rings (SSSR count). The number of anilines is 1. The van der Waals surface area contributed by atoms with Crippen LogP contribution in [0.5, 0.6) is 0 Å². The van der Waals surface area contributed by atoms with E-state index in [4.69, 9.17) is 11.6 Å². The van der Waals surface area contributed by atoms with Crippen molar-refractivity contribution in [1.82, 2.24) is 15.3 Å². The largest absolute Gasteiger partial charge is 0.381 e. The zero-order valence-electron chi connectivity index (χ0n) is 11.1. The monoisotopic (exact) mass is 318 g/mol. The van der Waals surface area contributed by atoms with Crippen LogP contribution < -0.4 is 10.6 Å². The summed E-state index contributed by atoms with van der Waals surface area (Å²) in [6.45, 7) is 2.66. The molecule has 1 amide bonds. The Kier molecular flexibility index (Phi) is 2.77. The highest BCUT2D eigenvalue weighted by atomic mass is 35.5. The Morgan fingerprint density at radius 3 is 3.14 bits per heavy atom. The second-order valence-electron chi connectivity index (χ2n) is 5.06. The maximum atomic E-state index is 12.3. The van der Waals surface area contributed by atoms with Gasteiger partial charge in [0, 0.05) is 22.7 Å². The van der Waals surface area contributed by atoms with Gasteiger partial charge in [0.15, 0.2) is 0 Å². The van der Waals surface area contributed by atoms with Crippen molar-refractivity contribution in [3.8, 4) is 0 Å². The summed E-state index contributed by atoms with van der Waals surface area (Å²) in [4.78, 5) is 21.7. The third-order valence-corrected chi connectivity index (χ3v) is 4.84. The summed E-state index contributed by atoms with van der Waals surface area (Å²) in [5, 5.41) is 7.64. The number of rotatable bonds is 0.